The molecule has 0 aliphatic heterocycles. The van der Waals surface area contributed by atoms with Crippen LogP contribution in [-0.4, -0.2) is 19.2 Å². The molecule has 0 unspecified atom stereocenters. The maximum absolute atomic E-state index is 11.8. The van der Waals surface area contributed by atoms with E-state index in [-0.39, 0.29) is 6.10 Å². The number of anilines is 1. The predicted octanol–water partition coefficient (Wildman–Crippen LogP) is 3.15. The molecule has 0 spiro atoms. The van der Waals surface area contributed by atoms with Gasteiger partial charge in [0.1, 0.15) is 0 Å². The van der Waals surface area contributed by atoms with Crippen LogP contribution in [0.25, 0.3) is 0 Å². The molecule has 110 valence electrons. The number of carbonyl (C=O) groups is 1. The van der Waals surface area contributed by atoms with E-state index in [0.717, 1.165) is 24.3 Å². The number of methoxy groups -OCH3 is 1. The highest BCUT2D eigenvalue weighted by Crippen LogP contribution is 2.27. The number of nitrogens with two attached hydrogens (primary N) is 1. The van der Waals surface area contributed by atoms with Crippen LogP contribution in [0.1, 0.15) is 48.5 Å². The number of nitrogen functional groups attached to an aromatic ring is 1. The molecule has 0 aromatic heterocycles. The van der Waals surface area contributed by atoms with Crippen molar-refractivity contribution in [3.05, 3.63) is 29.3 Å². The third-order valence-corrected chi connectivity index (χ3v) is 4.01. The molecule has 2 N–H and O–H groups in total. The topological polar surface area (TPSA) is 61.5 Å². The van der Waals surface area contributed by atoms with E-state index in [4.69, 9.17) is 15.2 Å². The zero-order valence-corrected chi connectivity index (χ0v) is 12.2. The molecule has 1 aliphatic carbocycles. The van der Waals surface area contributed by atoms with Crippen LogP contribution in [0.4, 0.5) is 5.69 Å². The molecule has 1 fully saturated rings. The quantitative estimate of drug-likeness (QED) is 0.678. The summed E-state index contributed by atoms with van der Waals surface area (Å²) in [6.45, 7) is 2.69. The molecule has 0 saturated heterocycles. The SMILES string of the molecule is COC(=O)c1c(N)cccc1COC1CCC(C)CC1. The molecule has 1 aromatic rings. The molecule has 4 heteroatoms. The van der Waals surface area contributed by atoms with Crippen molar-refractivity contribution in [3.63, 3.8) is 0 Å². The second-order valence-corrected chi connectivity index (χ2v) is 5.57. The molecule has 1 saturated carbocycles. The van der Waals surface area contributed by atoms with Crippen molar-refractivity contribution in [1.82, 2.24) is 0 Å². The van der Waals surface area contributed by atoms with Crippen molar-refractivity contribution < 1.29 is 14.3 Å². The summed E-state index contributed by atoms with van der Waals surface area (Å²) in [6.07, 6.45) is 4.91. The molecule has 0 bridgehead atoms. The van der Waals surface area contributed by atoms with Gasteiger partial charge in [-0.1, -0.05) is 19.1 Å². The zero-order chi connectivity index (χ0) is 14.5. The van der Waals surface area contributed by atoms with Crippen LogP contribution in [0.15, 0.2) is 18.2 Å². The molecule has 0 atom stereocenters. The van der Waals surface area contributed by atoms with Crippen LogP contribution in [-0.2, 0) is 16.1 Å². The van der Waals surface area contributed by atoms with Crippen LogP contribution in [0.5, 0.6) is 0 Å². The molecule has 20 heavy (non-hydrogen) atoms. The number of rotatable bonds is 4. The smallest absolute Gasteiger partial charge is 0.340 e. The minimum Gasteiger partial charge on any atom is -0.465 e. The lowest BCUT2D eigenvalue weighted by atomic mass is 9.89. The van der Waals surface area contributed by atoms with Crippen molar-refractivity contribution >= 4 is 11.7 Å². The van der Waals surface area contributed by atoms with Gasteiger partial charge < -0.3 is 15.2 Å². The number of esters is 1. The van der Waals surface area contributed by atoms with Gasteiger partial charge >= 0.3 is 5.97 Å². The first-order chi connectivity index (χ1) is 9.61. The number of carbonyl (C=O) groups excluding carboxylic acids is 1. The van der Waals surface area contributed by atoms with Crippen molar-refractivity contribution in [2.75, 3.05) is 12.8 Å². The average molecular weight is 277 g/mol. The van der Waals surface area contributed by atoms with Gasteiger partial charge in [0.25, 0.3) is 0 Å². The van der Waals surface area contributed by atoms with E-state index in [1.807, 2.05) is 12.1 Å². The van der Waals surface area contributed by atoms with E-state index in [1.54, 1.807) is 6.07 Å². The van der Waals surface area contributed by atoms with Gasteiger partial charge in [-0.25, -0.2) is 4.79 Å². The summed E-state index contributed by atoms with van der Waals surface area (Å²) in [4.78, 5) is 11.8. The Morgan fingerprint density at radius 1 is 1.30 bits per heavy atom. The lowest BCUT2D eigenvalue weighted by Gasteiger charge is -2.26. The number of hydrogen-bond acceptors (Lipinski definition) is 4. The molecule has 1 aromatic carbocycles. The van der Waals surface area contributed by atoms with Gasteiger partial charge in [0, 0.05) is 5.69 Å². The Balaban J connectivity index is 2.02. The van der Waals surface area contributed by atoms with Gasteiger partial charge in [0.2, 0.25) is 0 Å². The van der Waals surface area contributed by atoms with Crippen molar-refractivity contribution in [2.45, 2.75) is 45.3 Å². The van der Waals surface area contributed by atoms with Gasteiger partial charge in [0.15, 0.2) is 0 Å². The summed E-state index contributed by atoms with van der Waals surface area (Å²) in [6, 6.07) is 5.41. The minimum absolute atomic E-state index is 0.290. The molecule has 2 rings (SSSR count). The van der Waals surface area contributed by atoms with Gasteiger partial charge in [-0.2, -0.15) is 0 Å². The average Bonchev–Trinajstić information content (AvgIpc) is 2.46. The predicted molar refractivity (Wildman–Crippen MR) is 78.4 cm³/mol. The number of ether oxygens (including phenoxy) is 2. The van der Waals surface area contributed by atoms with Crippen molar-refractivity contribution in [2.24, 2.45) is 5.92 Å². The molecule has 4 nitrogen and oxygen atoms in total. The van der Waals surface area contributed by atoms with Crippen LogP contribution in [0, 0.1) is 5.92 Å². The zero-order valence-electron chi connectivity index (χ0n) is 12.2. The Hall–Kier alpha value is -1.55. The number of benzene rings is 1. The molecular formula is C16H23NO3. The fourth-order valence-corrected chi connectivity index (χ4v) is 2.70. The third-order valence-electron chi connectivity index (χ3n) is 4.01. The van der Waals surface area contributed by atoms with E-state index < -0.39 is 5.97 Å². The standard InChI is InChI=1S/C16H23NO3/c1-11-6-8-13(9-7-11)20-10-12-4-3-5-14(17)15(12)16(18)19-2/h3-5,11,13H,6-10,17H2,1-2H3. The second-order valence-electron chi connectivity index (χ2n) is 5.57. The molecule has 1 aliphatic rings. The fraction of sp³-hybridized carbons (Fsp3) is 0.562. The summed E-state index contributed by atoms with van der Waals surface area (Å²) in [5.41, 5.74) is 7.54. The first kappa shape index (κ1) is 14.9. The number of hydrogen-bond donors (Lipinski definition) is 1. The molecule has 0 amide bonds. The highest BCUT2D eigenvalue weighted by atomic mass is 16.5. The molecule has 0 heterocycles. The first-order valence-corrected chi connectivity index (χ1v) is 7.19. The van der Waals surface area contributed by atoms with E-state index >= 15 is 0 Å². The Morgan fingerprint density at radius 2 is 2.00 bits per heavy atom. The van der Waals surface area contributed by atoms with Gasteiger partial charge in [-0.05, 0) is 43.2 Å². The largest absolute Gasteiger partial charge is 0.465 e. The van der Waals surface area contributed by atoms with Crippen LogP contribution < -0.4 is 5.73 Å². The van der Waals surface area contributed by atoms with Crippen LogP contribution in [0.2, 0.25) is 0 Å². The first-order valence-electron chi connectivity index (χ1n) is 7.19. The summed E-state index contributed by atoms with van der Waals surface area (Å²) >= 11 is 0. The third kappa shape index (κ3) is 3.51. The highest BCUT2D eigenvalue weighted by molar-refractivity contribution is 5.96. The molecule has 0 radical (unpaired) electrons. The van der Waals surface area contributed by atoms with Gasteiger partial charge in [-0.15, -0.1) is 0 Å². The normalized spacial score (nSPS) is 22.5. The van der Waals surface area contributed by atoms with Gasteiger partial charge in [0.05, 0.1) is 25.4 Å². The summed E-state index contributed by atoms with van der Waals surface area (Å²) in [5, 5.41) is 0. The summed E-state index contributed by atoms with van der Waals surface area (Å²) < 4.78 is 10.7. The van der Waals surface area contributed by atoms with Crippen LogP contribution in [0.3, 0.4) is 0 Å². The van der Waals surface area contributed by atoms with Gasteiger partial charge in [-0.3, -0.25) is 0 Å². The van der Waals surface area contributed by atoms with Crippen LogP contribution >= 0.6 is 0 Å². The van der Waals surface area contributed by atoms with E-state index in [1.165, 1.54) is 20.0 Å². The second kappa shape index (κ2) is 6.75. The maximum atomic E-state index is 11.8. The summed E-state index contributed by atoms with van der Waals surface area (Å²) in [7, 11) is 1.36. The summed E-state index contributed by atoms with van der Waals surface area (Å²) in [5.74, 6) is 0.395. The van der Waals surface area contributed by atoms with Crippen molar-refractivity contribution in [3.8, 4) is 0 Å². The molecular weight excluding hydrogens is 254 g/mol. The Morgan fingerprint density at radius 3 is 2.65 bits per heavy atom. The Bertz CT molecular complexity index is 465. The van der Waals surface area contributed by atoms with E-state index in [0.29, 0.717) is 17.9 Å². The van der Waals surface area contributed by atoms with Crippen molar-refractivity contribution in [1.29, 1.82) is 0 Å². The lowest BCUT2D eigenvalue weighted by Crippen LogP contribution is -2.21. The highest BCUT2D eigenvalue weighted by Gasteiger charge is 2.20. The minimum atomic E-state index is -0.404. The Kier molecular flexibility index (Phi) is 5.01. The Labute approximate surface area is 120 Å². The van der Waals surface area contributed by atoms with E-state index in [2.05, 4.69) is 6.92 Å². The fourth-order valence-electron chi connectivity index (χ4n) is 2.70. The lowest BCUT2D eigenvalue weighted by molar-refractivity contribution is 0.00812. The monoisotopic (exact) mass is 277 g/mol. The van der Waals surface area contributed by atoms with E-state index in [9.17, 15) is 4.79 Å². The maximum Gasteiger partial charge on any atom is 0.340 e.